The molecule has 22 nitrogen and oxygen atoms in total. The topological polar surface area (TPSA) is 342 Å². The molecule has 10 N–H and O–H groups in total. The SMILES string of the molecule is C=CC(=O)NNC(=O)CCCCCCCCO[C@@H]1O[C@H](CO)[C@@H](O[C@H]2O[C@H](CO)[C@H](O)[C@H](OS(=O)(=O)[O-])[C@H]2O)[C@H](OC2O[C@@H](C)[C@@H](O)[C@@H](O)[C@@H]2O)[C@H]1O.[Na+]. The molecule has 54 heavy (non-hydrogen) atoms. The van der Waals surface area contributed by atoms with E-state index in [1.165, 1.54) is 6.92 Å². The third-order valence-electron chi connectivity index (χ3n) is 8.83. The van der Waals surface area contributed by atoms with Gasteiger partial charge < -0.3 is 73.8 Å². The summed E-state index contributed by atoms with van der Waals surface area (Å²) in [5, 5.41) is 83.7. The van der Waals surface area contributed by atoms with E-state index in [4.69, 9.17) is 28.4 Å². The number of carbonyl (C=O) groups is 2. The van der Waals surface area contributed by atoms with E-state index < -0.39 is 122 Å². The van der Waals surface area contributed by atoms with E-state index in [9.17, 15) is 63.4 Å². The van der Waals surface area contributed by atoms with Crippen molar-refractivity contribution in [3.8, 4) is 0 Å². The zero-order chi connectivity index (χ0) is 39.5. The van der Waals surface area contributed by atoms with E-state index in [-0.39, 0.29) is 48.5 Å². The van der Waals surface area contributed by atoms with E-state index in [0.717, 1.165) is 25.3 Å². The van der Waals surface area contributed by atoms with Crippen molar-refractivity contribution in [1.29, 1.82) is 0 Å². The molecule has 3 fully saturated rings. The van der Waals surface area contributed by atoms with Crippen LogP contribution in [0.4, 0.5) is 0 Å². The Morgan fingerprint density at radius 1 is 0.722 bits per heavy atom. The van der Waals surface area contributed by atoms with Crippen molar-refractivity contribution in [3.05, 3.63) is 12.7 Å². The fraction of sp³-hybridized carbons (Fsp3) is 0.867. The summed E-state index contributed by atoms with van der Waals surface area (Å²) in [6, 6.07) is 0. The molecule has 3 aliphatic rings. The van der Waals surface area contributed by atoms with Crippen molar-refractivity contribution in [2.45, 2.75) is 144 Å². The fourth-order valence-corrected chi connectivity index (χ4v) is 6.39. The molecule has 2 amide bonds. The van der Waals surface area contributed by atoms with Crippen LogP contribution >= 0.6 is 0 Å². The summed E-state index contributed by atoms with van der Waals surface area (Å²) in [4.78, 5) is 22.8. The Balaban J connectivity index is 0.0000101. The first-order chi connectivity index (χ1) is 25.0. The fourth-order valence-electron chi connectivity index (χ4n) is 5.89. The number of nitrogens with one attached hydrogen (secondary N) is 2. The van der Waals surface area contributed by atoms with Crippen LogP contribution < -0.4 is 40.4 Å². The standard InChI is InChI=1S/C30H52N2O20S.Na/c1-3-17(35)31-32-18(36)10-8-6-4-5-7-9-11-46-28-24(42)27(51-29-22(40)21(39)19(37)14(2)47-29)25(16(13-34)49-28)50-30-23(41)26(52-53(43,44)45)20(38)15(12-33)48-30;/h3,14-16,19-30,33-34,37-42H,1,4-13H2,2H3,(H,31,35)(H,32,36)(H,43,44,45);/q;+1/p-1/t14-,15+,16+,19+,20-,21+,22-,23+,24+,25+,26-,27+,28+,29?,30+;/m0./s1. The van der Waals surface area contributed by atoms with Gasteiger partial charge in [0.25, 0.3) is 5.91 Å². The van der Waals surface area contributed by atoms with Gasteiger partial charge in [-0.05, 0) is 25.8 Å². The van der Waals surface area contributed by atoms with Crippen molar-refractivity contribution in [2.75, 3.05) is 19.8 Å². The molecular weight excluding hydrogens is 763 g/mol. The smallest absolute Gasteiger partial charge is 0.726 e. The second kappa shape index (κ2) is 23.4. The minimum Gasteiger partial charge on any atom is -0.726 e. The Hall–Kier alpha value is -1.01. The molecule has 3 aliphatic heterocycles. The number of amides is 2. The molecule has 308 valence electrons. The van der Waals surface area contributed by atoms with Crippen LogP contribution in [0, 0.1) is 0 Å². The monoisotopic (exact) mass is 814 g/mol. The molecule has 0 aromatic rings. The summed E-state index contributed by atoms with van der Waals surface area (Å²) < 4.78 is 72.3. The zero-order valence-electron chi connectivity index (χ0n) is 29.9. The minimum absolute atomic E-state index is 0. The Kier molecular flexibility index (Phi) is 21.3. The van der Waals surface area contributed by atoms with E-state index in [1.54, 1.807) is 0 Å². The van der Waals surface area contributed by atoms with Gasteiger partial charge in [0, 0.05) is 13.0 Å². The zero-order valence-corrected chi connectivity index (χ0v) is 32.7. The molecule has 0 spiro atoms. The second-order valence-electron chi connectivity index (χ2n) is 12.8. The first-order valence-electron chi connectivity index (χ1n) is 17.1. The van der Waals surface area contributed by atoms with Crippen LogP contribution in [0.3, 0.4) is 0 Å². The molecule has 0 aromatic heterocycles. The van der Waals surface area contributed by atoms with Crippen LogP contribution in [0.5, 0.6) is 0 Å². The Morgan fingerprint density at radius 2 is 1.28 bits per heavy atom. The van der Waals surface area contributed by atoms with Crippen molar-refractivity contribution < 1.29 is 126 Å². The first kappa shape index (κ1) is 49.1. The first-order valence-corrected chi connectivity index (χ1v) is 18.4. The predicted molar refractivity (Wildman–Crippen MR) is 171 cm³/mol. The van der Waals surface area contributed by atoms with Gasteiger partial charge in [0.15, 0.2) is 18.9 Å². The maximum atomic E-state index is 11.7. The molecule has 3 rings (SSSR count). The van der Waals surface area contributed by atoms with Crippen LogP contribution in [0.25, 0.3) is 0 Å². The number of ether oxygens (including phenoxy) is 6. The van der Waals surface area contributed by atoms with Crippen LogP contribution in [-0.4, -0.2) is 178 Å². The van der Waals surface area contributed by atoms with Gasteiger partial charge in [-0.3, -0.25) is 24.6 Å². The molecule has 3 saturated heterocycles. The third kappa shape index (κ3) is 14.1. The molecule has 1 unspecified atom stereocenters. The quantitative estimate of drug-likeness (QED) is 0.0145. The van der Waals surface area contributed by atoms with Crippen LogP contribution in [0.2, 0.25) is 0 Å². The Morgan fingerprint density at radius 3 is 1.89 bits per heavy atom. The summed E-state index contributed by atoms with van der Waals surface area (Å²) >= 11 is 0. The summed E-state index contributed by atoms with van der Waals surface area (Å²) in [5.74, 6) is -0.871. The van der Waals surface area contributed by atoms with Gasteiger partial charge in [-0.15, -0.1) is 0 Å². The van der Waals surface area contributed by atoms with E-state index in [0.29, 0.717) is 19.3 Å². The molecule has 0 bridgehead atoms. The minimum atomic E-state index is -5.51. The molecular formula is C30H51N2NaO20S. The van der Waals surface area contributed by atoms with Gasteiger partial charge in [0.1, 0.15) is 67.1 Å². The predicted octanol–water partition coefficient (Wildman–Crippen LogP) is -7.97. The summed E-state index contributed by atoms with van der Waals surface area (Å²) in [6.45, 7) is 2.86. The average molecular weight is 815 g/mol. The summed E-state index contributed by atoms with van der Waals surface area (Å²) in [6.07, 6.45) is -21.0. The number of hydrogen-bond donors (Lipinski definition) is 10. The van der Waals surface area contributed by atoms with Gasteiger partial charge in [0.05, 0.1) is 19.3 Å². The third-order valence-corrected chi connectivity index (χ3v) is 9.28. The Labute approximate surface area is 333 Å². The molecule has 0 radical (unpaired) electrons. The number of aliphatic hydroxyl groups excluding tert-OH is 8. The van der Waals surface area contributed by atoms with E-state index in [1.807, 2.05) is 0 Å². The second-order valence-corrected chi connectivity index (χ2v) is 13.8. The van der Waals surface area contributed by atoms with Crippen LogP contribution in [0.15, 0.2) is 12.7 Å². The largest absolute Gasteiger partial charge is 1.00 e. The van der Waals surface area contributed by atoms with E-state index in [2.05, 4.69) is 21.6 Å². The van der Waals surface area contributed by atoms with Crippen LogP contribution in [0.1, 0.15) is 51.9 Å². The Bertz CT molecular complexity index is 1270. The molecule has 0 aliphatic carbocycles. The van der Waals surface area contributed by atoms with Crippen molar-refractivity contribution in [3.63, 3.8) is 0 Å². The van der Waals surface area contributed by atoms with Gasteiger partial charge in [-0.1, -0.05) is 32.3 Å². The van der Waals surface area contributed by atoms with Gasteiger partial charge in [-0.25, -0.2) is 8.42 Å². The van der Waals surface area contributed by atoms with Crippen molar-refractivity contribution in [2.24, 2.45) is 0 Å². The molecule has 15 atom stereocenters. The number of hydrazine groups is 1. The summed E-state index contributed by atoms with van der Waals surface area (Å²) in [5.41, 5.74) is 4.45. The normalized spacial score (nSPS) is 37.2. The maximum absolute atomic E-state index is 11.7. The maximum Gasteiger partial charge on any atom is 1.00 e. The number of hydrogen-bond acceptors (Lipinski definition) is 20. The molecule has 0 saturated carbocycles. The van der Waals surface area contributed by atoms with E-state index >= 15 is 0 Å². The van der Waals surface area contributed by atoms with Crippen molar-refractivity contribution in [1.82, 2.24) is 10.9 Å². The molecule has 3 heterocycles. The summed E-state index contributed by atoms with van der Waals surface area (Å²) in [7, 11) is -5.51. The van der Waals surface area contributed by atoms with Crippen molar-refractivity contribution >= 4 is 22.2 Å². The van der Waals surface area contributed by atoms with Gasteiger partial charge >= 0.3 is 29.6 Å². The van der Waals surface area contributed by atoms with Gasteiger partial charge in [-0.2, -0.15) is 0 Å². The van der Waals surface area contributed by atoms with Gasteiger partial charge in [0.2, 0.25) is 16.3 Å². The average Bonchev–Trinajstić information content (AvgIpc) is 3.12. The number of aliphatic hydroxyl groups is 8. The van der Waals surface area contributed by atoms with Crippen LogP contribution in [-0.2, 0) is 52.6 Å². The number of carbonyl (C=O) groups excluding carboxylic acids is 2. The number of unbranched alkanes of at least 4 members (excludes halogenated alkanes) is 5. The number of rotatable bonds is 19. The molecule has 24 heteroatoms. The molecule has 0 aromatic carbocycles.